The average Bonchev–Trinajstić information content (AvgIpc) is 2.74. The van der Waals surface area contributed by atoms with E-state index in [9.17, 15) is 5.11 Å². The zero-order valence-electron chi connectivity index (χ0n) is 15.0. The molecule has 1 aliphatic carbocycles. The first-order valence-corrected chi connectivity index (χ1v) is 7.36. The third kappa shape index (κ3) is 1.75. The molecule has 4 heteroatoms. The summed E-state index contributed by atoms with van der Waals surface area (Å²) < 4.78 is 33.5. The Kier molecular flexibility index (Phi) is 2.19. The largest absolute Gasteiger partial charge is 0.493 e. The molecule has 2 heterocycles. The number of ether oxygens (including phenoxy) is 2. The van der Waals surface area contributed by atoms with Crippen LogP contribution in [0.1, 0.15) is 28.1 Å². The van der Waals surface area contributed by atoms with E-state index in [1.807, 2.05) is 12.1 Å². The Labute approximate surface area is 129 Å². The third-order valence-electron chi connectivity index (χ3n) is 5.04. The zero-order valence-corrected chi connectivity index (χ0v) is 12.0. The van der Waals surface area contributed by atoms with Gasteiger partial charge in [-0.15, -0.1) is 0 Å². The van der Waals surface area contributed by atoms with Crippen LogP contribution in [-0.2, 0) is 12.0 Å². The topological polar surface area (TPSA) is 41.9 Å². The smallest absolute Gasteiger partial charge is 0.166 e. The molecule has 1 aromatic carbocycles. The van der Waals surface area contributed by atoms with Crippen LogP contribution < -0.4 is 9.47 Å². The molecule has 0 unspecified atom stereocenters. The number of rotatable bonds is 1. The van der Waals surface area contributed by atoms with Crippen molar-refractivity contribution in [1.29, 1.82) is 0 Å². The first-order chi connectivity index (χ1) is 11.3. The van der Waals surface area contributed by atoms with Crippen molar-refractivity contribution >= 4 is 0 Å². The van der Waals surface area contributed by atoms with Gasteiger partial charge in [0, 0.05) is 18.5 Å². The molecule has 3 atom stereocenters. The fourth-order valence-corrected chi connectivity index (χ4v) is 4.00. The molecule has 1 aromatic rings. The molecular weight excluding hydrogens is 266 g/mol. The van der Waals surface area contributed by atoms with E-state index in [0.29, 0.717) is 12.2 Å². The number of aliphatic hydroxyl groups is 1. The van der Waals surface area contributed by atoms with Gasteiger partial charge in [0.15, 0.2) is 11.5 Å². The fraction of sp³-hybridized carbons (Fsp3) is 0.529. The summed E-state index contributed by atoms with van der Waals surface area (Å²) in [5.41, 5.74) is 1.84. The minimum absolute atomic E-state index is 0.195. The second-order valence-corrected chi connectivity index (χ2v) is 6.33. The van der Waals surface area contributed by atoms with Gasteiger partial charge in [-0.2, -0.15) is 0 Å². The predicted molar refractivity (Wildman–Crippen MR) is 79.8 cm³/mol. The summed E-state index contributed by atoms with van der Waals surface area (Å²) in [7, 11) is -0.444. The lowest BCUT2D eigenvalue weighted by atomic mass is 9.69. The van der Waals surface area contributed by atoms with Crippen molar-refractivity contribution in [3.05, 3.63) is 35.4 Å². The van der Waals surface area contributed by atoms with Gasteiger partial charge in [0.2, 0.25) is 0 Å². The summed E-state index contributed by atoms with van der Waals surface area (Å²) >= 11 is 0. The highest BCUT2D eigenvalue weighted by Gasteiger charge is 2.52. The summed E-state index contributed by atoms with van der Waals surface area (Å²) in [6.07, 6.45) is 4.53. The van der Waals surface area contributed by atoms with E-state index in [2.05, 4.69) is 18.0 Å². The van der Waals surface area contributed by atoms with Gasteiger partial charge in [0.1, 0.15) is 6.10 Å². The van der Waals surface area contributed by atoms with Gasteiger partial charge in [-0.1, -0.05) is 18.2 Å². The van der Waals surface area contributed by atoms with Crippen LogP contribution in [0.4, 0.5) is 0 Å². The molecule has 0 saturated heterocycles. The van der Waals surface area contributed by atoms with Crippen LogP contribution in [0, 0.1) is 0 Å². The fourth-order valence-electron chi connectivity index (χ4n) is 4.00. The van der Waals surface area contributed by atoms with E-state index >= 15 is 0 Å². The highest BCUT2D eigenvalue weighted by Crippen LogP contribution is 2.55. The summed E-state index contributed by atoms with van der Waals surface area (Å²) in [5, 5.41) is 10.0. The van der Waals surface area contributed by atoms with Gasteiger partial charge in [0.05, 0.1) is 22.7 Å². The van der Waals surface area contributed by atoms with E-state index in [4.69, 9.17) is 13.6 Å². The highest BCUT2D eigenvalue weighted by molar-refractivity contribution is 5.60. The van der Waals surface area contributed by atoms with Crippen molar-refractivity contribution in [2.24, 2.45) is 0 Å². The van der Waals surface area contributed by atoms with Crippen molar-refractivity contribution in [3.63, 3.8) is 0 Å². The standard InChI is InChI=1S/C17H21NO3/c1-18-8-7-17-6-5-12(19)9-14(17)21-16-13(20-2)4-3-11(10-18)15(16)17/h3-6,12,14,19H,7-10H2,1-2H3/t12-,14+,17-/m0/s1/i2D3. The van der Waals surface area contributed by atoms with Crippen molar-refractivity contribution in [3.8, 4) is 11.5 Å². The molecule has 21 heavy (non-hydrogen) atoms. The molecule has 0 saturated carbocycles. The molecule has 0 fully saturated rings. The first kappa shape index (κ1) is 10.2. The third-order valence-corrected chi connectivity index (χ3v) is 5.04. The maximum absolute atomic E-state index is 10.0. The van der Waals surface area contributed by atoms with E-state index < -0.39 is 13.1 Å². The average molecular weight is 290 g/mol. The normalized spacial score (nSPS) is 36.6. The second kappa shape index (κ2) is 4.49. The SMILES string of the molecule is [2H]C([2H])([2H])Oc1ccc2c3c1O[C@@H]1C[C@@H](O)C=C[C@@]31CCN(C)C2. The molecule has 3 aliphatic rings. The first-order valence-electron chi connectivity index (χ1n) is 8.86. The van der Waals surface area contributed by atoms with Crippen LogP contribution in [0.2, 0.25) is 0 Å². The molecule has 4 nitrogen and oxygen atoms in total. The maximum atomic E-state index is 10.0. The van der Waals surface area contributed by atoms with Crippen molar-refractivity contribution < 1.29 is 18.7 Å². The van der Waals surface area contributed by atoms with Crippen LogP contribution >= 0.6 is 0 Å². The van der Waals surface area contributed by atoms with Gasteiger partial charge in [0.25, 0.3) is 0 Å². The molecule has 0 aromatic heterocycles. The number of nitrogens with zero attached hydrogens (tertiary/aromatic N) is 1. The summed E-state index contributed by atoms with van der Waals surface area (Å²) in [6.45, 7) is 1.69. The van der Waals surface area contributed by atoms with Crippen molar-refractivity contribution in [2.75, 3.05) is 20.6 Å². The van der Waals surface area contributed by atoms with Crippen LogP contribution in [0.3, 0.4) is 0 Å². The number of hydrogen-bond acceptors (Lipinski definition) is 4. The minimum Gasteiger partial charge on any atom is -0.493 e. The van der Waals surface area contributed by atoms with Crippen LogP contribution in [-0.4, -0.2) is 42.8 Å². The van der Waals surface area contributed by atoms with E-state index in [-0.39, 0.29) is 17.3 Å². The molecule has 0 radical (unpaired) electrons. The molecule has 4 rings (SSSR count). The Balaban J connectivity index is 1.89. The summed E-state index contributed by atoms with van der Waals surface area (Å²) in [5.74, 6) is 0.789. The quantitative estimate of drug-likeness (QED) is 0.802. The van der Waals surface area contributed by atoms with Gasteiger partial charge < -0.3 is 19.5 Å². The van der Waals surface area contributed by atoms with Gasteiger partial charge in [-0.25, -0.2) is 0 Å². The lowest BCUT2D eigenvalue weighted by Gasteiger charge is -2.35. The minimum atomic E-state index is -2.52. The van der Waals surface area contributed by atoms with Crippen molar-refractivity contribution in [2.45, 2.75) is 37.0 Å². The second-order valence-electron chi connectivity index (χ2n) is 6.33. The lowest BCUT2D eigenvalue weighted by molar-refractivity contribution is 0.0821. The number of benzene rings is 1. The number of hydrogen-bond donors (Lipinski definition) is 1. The van der Waals surface area contributed by atoms with Crippen LogP contribution in [0.25, 0.3) is 0 Å². The van der Waals surface area contributed by atoms with E-state index in [1.165, 1.54) is 0 Å². The maximum Gasteiger partial charge on any atom is 0.166 e. The molecule has 112 valence electrons. The Morgan fingerprint density at radius 1 is 1.52 bits per heavy atom. The predicted octanol–water partition coefficient (Wildman–Crippen LogP) is 1.85. The van der Waals surface area contributed by atoms with E-state index in [0.717, 1.165) is 30.6 Å². The molecule has 0 bridgehead atoms. The summed E-state index contributed by atoms with van der Waals surface area (Å²) in [4.78, 5) is 2.25. The van der Waals surface area contributed by atoms with Crippen molar-refractivity contribution in [1.82, 2.24) is 4.90 Å². The Morgan fingerprint density at radius 2 is 2.43 bits per heavy atom. The highest BCUT2D eigenvalue weighted by atomic mass is 16.5. The Hall–Kier alpha value is -1.52. The molecule has 1 N–H and O–H groups in total. The van der Waals surface area contributed by atoms with Gasteiger partial charge in [-0.05, 0) is 31.6 Å². The van der Waals surface area contributed by atoms with E-state index in [1.54, 1.807) is 6.07 Å². The Morgan fingerprint density at radius 3 is 3.29 bits per heavy atom. The number of methoxy groups -OCH3 is 1. The van der Waals surface area contributed by atoms with Crippen LogP contribution in [0.15, 0.2) is 24.3 Å². The van der Waals surface area contributed by atoms with Crippen LogP contribution in [0.5, 0.6) is 11.5 Å². The monoisotopic (exact) mass is 290 g/mol. The van der Waals surface area contributed by atoms with Gasteiger partial charge in [-0.3, -0.25) is 0 Å². The molecule has 0 amide bonds. The zero-order chi connectivity index (χ0) is 17.1. The molecular formula is C17H21NO3. The van der Waals surface area contributed by atoms with Gasteiger partial charge >= 0.3 is 0 Å². The Bertz CT molecular complexity index is 703. The molecule has 2 aliphatic heterocycles. The summed E-state index contributed by atoms with van der Waals surface area (Å²) in [6, 6.07) is 3.62. The molecule has 1 spiro atoms. The lowest BCUT2D eigenvalue weighted by Crippen LogP contribution is -2.42. The number of aliphatic hydroxyl groups excluding tert-OH is 1.